The molecule has 0 radical (unpaired) electrons. The van der Waals surface area contributed by atoms with Crippen LogP contribution in [-0.4, -0.2) is 6.17 Å². The second-order valence-electron chi connectivity index (χ2n) is 3.16. The summed E-state index contributed by atoms with van der Waals surface area (Å²) in [5, 5.41) is 6.30. The van der Waals surface area contributed by atoms with Crippen molar-refractivity contribution in [3.63, 3.8) is 0 Å². The number of halogens is 1. The van der Waals surface area contributed by atoms with Gasteiger partial charge in [0.1, 0.15) is 5.82 Å². The maximum atomic E-state index is 13.0. The molecule has 0 aromatic heterocycles. The van der Waals surface area contributed by atoms with Gasteiger partial charge in [-0.25, -0.2) is 4.39 Å². The van der Waals surface area contributed by atoms with E-state index in [9.17, 15) is 4.39 Å². The van der Waals surface area contributed by atoms with Crippen LogP contribution in [0.5, 0.6) is 0 Å². The van der Waals surface area contributed by atoms with Crippen LogP contribution in [0.3, 0.4) is 0 Å². The first-order chi connectivity index (χ1) is 5.66. The van der Waals surface area contributed by atoms with Crippen molar-refractivity contribution in [3.8, 4) is 0 Å². The zero-order chi connectivity index (χ0) is 8.72. The number of aryl methyl sites for hydroxylation is 1. The van der Waals surface area contributed by atoms with Gasteiger partial charge in [0.25, 0.3) is 0 Å². The number of hydrogen-bond donors (Lipinski definition) is 2. The molecule has 0 amide bonds. The molecular weight excluding hydrogens is 155 g/mol. The van der Waals surface area contributed by atoms with Crippen LogP contribution >= 0.6 is 0 Å². The predicted octanol–water partition coefficient (Wildman–Crippen LogP) is 2.32. The summed E-state index contributed by atoms with van der Waals surface area (Å²) in [6, 6.07) is 3.35. The summed E-state index contributed by atoms with van der Waals surface area (Å²) in [5.41, 5.74) is 2.52. The average Bonchev–Trinajstić information content (AvgIpc) is 2.30. The molecule has 0 bridgehead atoms. The molecule has 1 unspecified atom stereocenters. The van der Waals surface area contributed by atoms with Crippen molar-refractivity contribution < 1.29 is 4.39 Å². The highest BCUT2D eigenvalue weighted by atomic mass is 19.1. The van der Waals surface area contributed by atoms with Crippen LogP contribution in [0.1, 0.15) is 12.5 Å². The van der Waals surface area contributed by atoms with Crippen LogP contribution in [0.15, 0.2) is 12.1 Å². The van der Waals surface area contributed by atoms with Gasteiger partial charge in [-0.1, -0.05) is 0 Å². The van der Waals surface area contributed by atoms with Crippen molar-refractivity contribution in [1.82, 2.24) is 0 Å². The highest BCUT2D eigenvalue weighted by Gasteiger charge is 2.16. The topological polar surface area (TPSA) is 24.1 Å². The molecule has 3 heteroatoms. The highest BCUT2D eigenvalue weighted by molar-refractivity contribution is 5.75. The summed E-state index contributed by atoms with van der Waals surface area (Å²) in [4.78, 5) is 0. The van der Waals surface area contributed by atoms with Crippen LogP contribution in [0.2, 0.25) is 0 Å². The van der Waals surface area contributed by atoms with Gasteiger partial charge in [0.15, 0.2) is 0 Å². The molecule has 0 aliphatic carbocycles. The number of hydrogen-bond acceptors (Lipinski definition) is 2. The molecule has 0 saturated carbocycles. The summed E-state index contributed by atoms with van der Waals surface area (Å²) in [5.74, 6) is -0.155. The Morgan fingerprint density at radius 2 is 1.83 bits per heavy atom. The summed E-state index contributed by atoms with van der Waals surface area (Å²) in [6.45, 7) is 3.76. The molecule has 2 nitrogen and oxygen atoms in total. The molecule has 12 heavy (non-hydrogen) atoms. The lowest BCUT2D eigenvalue weighted by Crippen LogP contribution is -2.16. The van der Waals surface area contributed by atoms with E-state index in [4.69, 9.17) is 0 Å². The Kier molecular flexibility index (Phi) is 1.46. The lowest BCUT2D eigenvalue weighted by molar-refractivity contribution is 0.619. The molecule has 0 saturated heterocycles. The SMILES string of the molecule is Cc1cc2c(cc1F)NC(C)N2. The standard InChI is InChI=1S/C9H11FN2/c1-5-3-8-9(4-7(5)10)12-6(2)11-8/h3-4,6,11-12H,1-2H3. The van der Waals surface area contributed by atoms with E-state index >= 15 is 0 Å². The van der Waals surface area contributed by atoms with Gasteiger partial charge in [-0.2, -0.15) is 0 Å². The van der Waals surface area contributed by atoms with Crippen LogP contribution in [0, 0.1) is 12.7 Å². The van der Waals surface area contributed by atoms with Crippen LogP contribution < -0.4 is 10.6 Å². The Hall–Kier alpha value is -1.25. The zero-order valence-corrected chi connectivity index (χ0v) is 7.11. The Labute approximate surface area is 70.8 Å². The summed E-state index contributed by atoms with van der Waals surface area (Å²) in [7, 11) is 0. The van der Waals surface area contributed by atoms with E-state index in [1.807, 2.05) is 13.0 Å². The van der Waals surface area contributed by atoms with Crippen LogP contribution in [0.4, 0.5) is 15.8 Å². The monoisotopic (exact) mass is 166 g/mol. The van der Waals surface area contributed by atoms with E-state index in [1.165, 1.54) is 6.07 Å². The minimum atomic E-state index is -0.155. The third-order valence-corrected chi connectivity index (χ3v) is 2.04. The summed E-state index contributed by atoms with van der Waals surface area (Å²) in [6.07, 6.45) is 0.196. The molecule has 1 atom stereocenters. The van der Waals surface area contributed by atoms with Crippen molar-refractivity contribution >= 4 is 11.4 Å². The first kappa shape index (κ1) is 7.40. The zero-order valence-electron chi connectivity index (χ0n) is 7.11. The van der Waals surface area contributed by atoms with E-state index in [2.05, 4.69) is 10.6 Å². The maximum Gasteiger partial charge on any atom is 0.128 e. The quantitative estimate of drug-likeness (QED) is 0.618. The molecule has 2 N–H and O–H groups in total. The molecule has 2 rings (SSSR count). The van der Waals surface area contributed by atoms with Gasteiger partial charge in [-0.15, -0.1) is 0 Å². The maximum absolute atomic E-state index is 13.0. The third kappa shape index (κ3) is 1.02. The molecule has 0 fully saturated rings. The minimum absolute atomic E-state index is 0.155. The lowest BCUT2D eigenvalue weighted by atomic mass is 10.2. The fourth-order valence-electron chi connectivity index (χ4n) is 1.42. The van der Waals surface area contributed by atoms with Crippen molar-refractivity contribution in [2.75, 3.05) is 10.6 Å². The molecule has 1 aromatic carbocycles. The number of nitrogens with one attached hydrogen (secondary N) is 2. The molecule has 1 aliphatic heterocycles. The van der Waals surface area contributed by atoms with E-state index in [1.54, 1.807) is 6.92 Å². The van der Waals surface area contributed by atoms with E-state index in [-0.39, 0.29) is 12.0 Å². The van der Waals surface area contributed by atoms with Crippen molar-refractivity contribution in [2.24, 2.45) is 0 Å². The number of fused-ring (bicyclic) bond motifs is 1. The number of benzene rings is 1. The Morgan fingerprint density at radius 3 is 2.50 bits per heavy atom. The first-order valence-electron chi connectivity index (χ1n) is 4.00. The first-order valence-corrected chi connectivity index (χ1v) is 4.00. The van der Waals surface area contributed by atoms with Gasteiger partial charge in [-0.05, 0) is 31.5 Å². The van der Waals surface area contributed by atoms with E-state index in [0.29, 0.717) is 5.56 Å². The molecule has 64 valence electrons. The van der Waals surface area contributed by atoms with E-state index < -0.39 is 0 Å². The van der Waals surface area contributed by atoms with Crippen LogP contribution in [0.25, 0.3) is 0 Å². The van der Waals surface area contributed by atoms with Crippen LogP contribution in [-0.2, 0) is 0 Å². The van der Waals surface area contributed by atoms with Gasteiger partial charge in [0.05, 0.1) is 17.5 Å². The lowest BCUT2D eigenvalue weighted by Gasteiger charge is -2.01. The molecular formula is C9H11FN2. The van der Waals surface area contributed by atoms with Crippen molar-refractivity contribution in [1.29, 1.82) is 0 Å². The second-order valence-corrected chi connectivity index (χ2v) is 3.16. The minimum Gasteiger partial charge on any atom is -0.364 e. The Balaban J connectivity index is 2.48. The summed E-state index contributed by atoms with van der Waals surface area (Å²) < 4.78 is 13.0. The largest absolute Gasteiger partial charge is 0.364 e. The van der Waals surface area contributed by atoms with E-state index in [0.717, 1.165) is 11.4 Å². The fraction of sp³-hybridized carbons (Fsp3) is 0.333. The molecule has 0 spiro atoms. The molecule has 1 aromatic rings. The van der Waals surface area contributed by atoms with Gasteiger partial charge in [0.2, 0.25) is 0 Å². The van der Waals surface area contributed by atoms with Crippen molar-refractivity contribution in [2.45, 2.75) is 20.0 Å². The third-order valence-electron chi connectivity index (χ3n) is 2.04. The molecule has 1 heterocycles. The van der Waals surface area contributed by atoms with Gasteiger partial charge >= 0.3 is 0 Å². The predicted molar refractivity (Wildman–Crippen MR) is 47.8 cm³/mol. The fourth-order valence-corrected chi connectivity index (χ4v) is 1.42. The Morgan fingerprint density at radius 1 is 1.25 bits per heavy atom. The number of rotatable bonds is 0. The van der Waals surface area contributed by atoms with Crippen molar-refractivity contribution in [3.05, 3.63) is 23.5 Å². The highest BCUT2D eigenvalue weighted by Crippen LogP contribution is 2.30. The Bertz CT molecular complexity index is 292. The average molecular weight is 166 g/mol. The second kappa shape index (κ2) is 2.37. The smallest absolute Gasteiger partial charge is 0.128 e. The van der Waals surface area contributed by atoms with Gasteiger partial charge in [0, 0.05) is 0 Å². The van der Waals surface area contributed by atoms with Gasteiger partial charge in [-0.3, -0.25) is 0 Å². The molecule has 1 aliphatic rings. The van der Waals surface area contributed by atoms with Gasteiger partial charge < -0.3 is 10.6 Å². The summed E-state index contributed by atoms with van der Waals surface area (Å²) >= 11 is 0. The normalized spacial score (nSPS) is 19.8. The number of anilines is 2.